The first-order chi connectivity index (χ1) is 18.0. The summed E-state index contributed by atoms with van der Waals surface area (Å²) in [5, 5.41) is 5.84. The predicted molar refractivity (Wildman–Crippen MR) is 141 cm³/mol. The van der Waals surface area contributed by atoms with Crippen LogP contribution < -0.4 is 20.1 Å². The van der Waals surface area contributed by atoms with Gasteiger partial charge in [0, 0.05) is 37.9 Å². The van der Waals surface area contributed by atoms with Gasteiger partial charge in [-0.3, -0.25) is 14.9 Å². The number of hydrogen-bond acceptors (Lipinski definition) is 6. The van der Waals surface area contributed by atoms with E-state index in [0.29, 0.717) is 48.0 Å². The molecule has 0 saturated carbocycles. The van der Waals surface area contributed by atoms with Crippen molar-refractivity contribution in [3.8, 4) is 11.5 Å². The minimum Gasteiger partial charge on any atom is -0.497 e. The lowest BCUT2D eigenvalue weighted by Gasteiger charge is -2.11. The van der Waals surface area contributed by atoms with Gasteiger partial charge in [-0.05, 0) is 60.5 Å². The summed E-state index contributed by atoms with van der Waals surface area (Å²) in [5.74, 6) is 1.19. The molecule has 0 fully saturated rings. The number of rotatable bonds is 11. The predicted octanol–water partition coefficient (Wildman–Crippen LogP) is 4.27. The van der Waals surface area contributed by atoms with E-state index in [0.717, 1.165) is 23.3 Å². The van der Waals surface area contributed by atoms with Crippen molar-refractivity contribution in [1.82, 2.24) is 14.9 Å². The third-order valence-corrected chi connectivity index (χ3v) is 5.89. The molecule has 1 heterocycles. The second-order valence-corrected chi connectivity index (χ2v) is 8.36. The Morgan fingerprint density at radius 1 is 0.865 bits per heavy atom. The molecule has 192 valence electrons. The average molecular weight is 503 g/mol. The Morgan fingerprint density at radius 3 is 2.35 bits per heavy atom. The molecular formula is C28H30N4O5. The van der Waals surface area contributed by atoms with Crippen LogP contribution in [-0.2, 0) is 17.8 Å². The fourth-order valence-corrected chi connectivity index (χ4v) is 3.96. The number of amides is 2. The van der Waals surface area contributed by atoms with E-state index in [1.165, 1.54) is 0 Å². The summed E-state index contributed by atoms with van der Waals surface area (Å²) < 4.78 is 17.6. The van der Waals surface area contributed by atoms with Gasteiger partial charge >= 0.3 is 0 Å². The third-order valence-electron chi connectivity index (χ3n) is 5.89. The van der Waals surface area contributed by atoms with Gasteiger partial charge in [0.1, 0.15) is 11.5 Å². The van der Waals surface area contributed by atoms with Gasteiger partial charge < -0.3 is 24.1 Å². The number of aromatic nitrogens is 2. The van der Waals surface area contributed by atoms with Crippen molar-refractivity contribution in [2.24, 2.45) is 0 Å². The lowest BCUT2D eigenvalue weighted by atomic mass is 10.1. The maximum Gasteiger partial charge on any atom is 0.258 e. The van der Waals surface area contributed by atoms with Gasteiger partial charge in [0.15, 0.2) is 0 Å². The third kappa shape index (κ3) is 6.25. The lowest BCUT2D eigenvalue weighted by molar-refractivity contribution is 0.0950. The van der Waals surface area contributed by atoms with Crippen LogP contribution in [0.1, 0.15) is 32.7 Å². The number of nitrogens with zero attached hydrogens (tertiary/aromatic N) is 2. The Bertz CT molecular complexity index is 1400. The summed E-state index contributed by atoms with van der Waals surface area (Å²) in [4.78, 5) is 30.5. The van der Waals surface area contributed by atoms with Gasteiger partial charge in [0.25, 0.3) is 11.8 Å². The summed E-state index contributed by atoms with van der Waals surface area (Å²) in [5.41, 5.74) is 3.27. The SMILES string of the molecule is COCCCn1c(NC(=O)c2cccc(OC)c2)nc2cc(C(=O)NCc3cccc(OC)c3)ccc21. The number of carbonyl (C=O) groups excluding carboxylic acids is 2. The molecule has 2 N–H and O–H groups in total. The second-order valence-electron chi connectivity index (χ2n) is 8.36. The highest BCUT2D eigenvalue weighted by atomic mass is 16.5. The van der Waals surface area contributed by atoms with Crippen molar-refractivity contribution < 1.29 is 23.8 Å². The van der Waals surface area contributed by atoms with E-state index < -0.39 is 0 Å². The first kappa shape index (κ1) is 25.7. The highest BCUT2D eigenvalue weighted by molar-refractivity contribution is 6.04. The molecule has 0 atom stereocenters. The number of anilines is 1. The fraction of sp³-hybridized carbons (Fsp3) is 0.250. The summed E-state index contributed by atoms with van der Waals surface area (Å²) in [6.45, 7) is 1.51. The Labute approximate surface area is 215 Å². The van der Waals surface area contributed by atoms with Crippen LogP contribution in [-0.4, -0.2) is 49.3 Å². The Balaban J connectivity index is 1.56. The topological polar surface area (TPSA) is 104 Å². The Kier molecular flexibility index (Phi) is 8.37. The lowest BCUT2D eigenvalue weighted by Crippen LogP contribution is -2.22. The summed E-state index contributed by atoms with van der Waals surface area (Å²) >= 11 is 0. The van der Waals surface area contributed by atoms with Crippen LogP contribution in [0.3, 0.4) is 0 Å². The van der Waals surface area contributed by atoms with E-state index >= 15 is 0 Å². The van der Waals surface area contributed by atoms with E-state index in [2.05, 4.69) is 15.6 Å². The van der Waals surface area contributed by atoms with Crippen LogP contribution in [0.4, 0.5) is 5.95 Å². The number of methoxy groups -OCH3 is 3. The molecule has 0 aliphatic carbocycles. The monoisotopic (exact) mass is 502 g/mol. The zero-order valence-corrected chi connectivity index (χ0v) is 21.1. The van der Waals surface area contributed by atoms with Crippen LogP contribution in [0.2, 0.25) is 0 Å². The van der Waals surface area contributed by atoms with Crippen LogP contribution >= 0.6 is 0 Å². The molecule has 3 aromatic carbocycles. The molecule has 0 radical (unpaired) electrons. The average Bonchev–Trinajstić information content (AvgIpc) is 3.27. The van der Waals surface area contributed by atoms with Gasteiger partial charge in [-0.2, -0.15) is 0 Å². The van der Waals surface area contributed by atoms with Crippen molar-refractivity contribution in [2.45, 2.75) is 19.5 Å². The van der Waals surface area contributed by atoms with Crippen molar-refractivity contribution >= 4 is 28.8 Å². The summed E-state index contributed by atoms with van der Waals surface area (Å²) in [7, 11) is 4.80. The van der Waals surface area contributed by atoms with E-state index in [1.54, 1.807) is 57.7 Å². The zero-order valence-electron chi connectivity index (χ0n) is 21.1. The molecule has 0 saturated heterocycles. The Hall–Kier alpha value is -4.37. The molecule has 4 rings (SSSR count). The van der Waals surface area contributed by atoms with Gasteiger partial charge in [-0.1, -0.05) is 18.2 Å². The largest absolute Gasteiger partial charge is 0.497 e. The van der Waals surface area contributed by atoms with Crippen molar-refractivity contribution in [3.05, 3.63) is 83.4 Å². The standard InChI is InChI=1S/C28H30N4O5/c1-35-14-6-13-32-25-12-11-21(26(33)29-18-19-7-4-9-22(15-19)36-2)17-24(25)30-28(32)31-27(34)20-8-5-10-23(16-20)37-3/h4-5,7-12,15-17H,6,13-14,18H2,1-3H3,(H,29,33)(H,30,31,34). The maximum atomic E-state index is 13.0. The van der Waals surface area contributed by atoms with Crippen molar-refractivity contribution in [2.75, 3.05) is 33.3 Å². The number of hydrogen-bond donors (Lipinski definition) is 2. The molecule has 0 aliphatic heterocycles. The molecule has 9 heteroatoms. The van der Waals surface area contributed by atoms with Crippen LogP contribution in [0.15, 0.2) is 66.7 Å². The number of fused-ring (bicyclic) bond motifs is 1. The van der Waals surface area contributed by atoms with Gasteiger partial charge in [0.2, 0.25) is 5.95 Å². The van der Waals surface area contributed by atoms with Crippen LogP contribution in [0, 0.1) is 0 Å². The molecule has 1 aromatic heterocycles. The molecule has 0 aliphatic rings. The quantitative estimate of drug-likeness (QED) is 0.297. The molecule has 0 bridgehead atoms. The van der Waals surface area contributed by atoms with Crippen molar-refractivity contribution in [1.29, 1.82) is 0 Å². The maximum absolute atomic E-state index is 13.0. The molecular weight excluding hydrogens is 472 g/mol. The number of nitrogens with one attached hydrogen (secondary N) is 2. The van der Waals surface area contributed by atoms with Crippen LogP contribution in [0.25, 0.3) is 11.0 Å². The van der Waals surface area contributed by atoms with Crippen LogP contribution in [0.5, 0.6) is 11.5 Å². The smallest absolute Gasteiger partial charge is 0.258 e. The number of benzene rings is 3. The van der Waals surface area contributed by atoms with Gasteiger partial charge in [-0.15, -0.1) is 0 Å². The normalized spacial score (nSPS) is 10.8. The highest BCUT2D eigenvalue weighted by Gasteiger charge is 2.17. The Morgan fingerprint density at radius 2 is 1.59 bits per heavy atom. The number of aryl methyl sites for hydroxylation is 1. The molecule has 9 nitrogen and oxygen atoms in total. The fourth-order valence-electron chi connectivity index (χ4n) is 3.96. The number of ether oxygens (including phenoxy) is 3. The number of imidazole rings is 1. The molecule has 0 unspecified atom stereocenters. The first-order valence-corrected chi connectivity index (χ1v) is 11.9. The number of carbonyl (C=O) groups is 2. The van der Waals surface area contributed by atoms with E-state index in [9.17, 15) is 9.59 Å². The zero-order chi connectivity index (χ0) is 26.2. The molecule has 2 amide bonds. The minimum atomic E-state index is -0.307. The molecule has 37 heavy (non-hydrogen) atoms. The highest BCUT2D eigenvalue weighted by Crippen LogP contribution is 2.23. The van der Waals surface area contributed by atoms with E-state index in [1.807, 2.05) is 34.9 Å². The molecule has 0 spiro atoms. The van der Waals surface area contributed by atoms with E-state index in [-0.39, 0.29) is 11.8 Å². The first-order valence-electron chi connectivity index (χ1n) is 11.9. The minimum absolute atomic E-state index is 0.222. The summed E-state index contributed by atoms with van der Waals surface area (Å²) in [6.07, 6.45) is 0.729. The van der Waals surface area contributed by atoms with E-state index in [4.69, 9.17) is 14.2 Å². The molecule has 4 aromatic rings. The van der Waals surface area contributed by atoms with Gasteiger partial charge in [0.05, 0.1) is 25.3 Å². The van der Waals surface area contributed by atoms with Gasteiger partial charge in [-0.25, -0.2) is 4.98 Å². The van der Waals surface area contributed by atoms with Crippen molar-refractivity contribution in [3.63, 3.8) is 0 Å². The second kappa shape index (κ2) is 12.0. The summed E-state index contributed by atoms with van der Waals surface area (Å²) in [6, 6.07) is 19.8.